The molecule has 3 heterocycles. The lowest BCUT2D eigenvalue weighted by molar-refractivity contribution is 0.570. The molecule has 0 bridgehead atoms. The Labute approximate surface area is 147 Å². The molecule has 1 atom stereocenters. The van der Waals surface area contributed by atoms with Gasteiger partial charge in [0.15, 0.2) is 5.82 Å². The number of rotatable bonds is 6. The van der Waals surface area contributed by atoms with Gasteiger partial charge < -0.3 is 10.2 Å². The lowest BCUT2D eigenvalue weighted by atomic mass is 10.1. The van der Waals surface area contributed by atoms with Gasteiger partial charge in [-0.3, -0.25) is 5.10 Å². The van der Waals surface area contributed by atoms with Crippen LogP contribution in [0.4, 0.5) is 5.82 Å². The van der Waals surface area contributed by atoms with E-state index in [1.54, 1.807) is 6.20 Å². The number of anilines is 1. The summed E-state index contributed by atoms with van der Waals surface area (Å²) in [4.78, 5) is 2.35. The van der Waals surface area contributed by atoms with Crippen LogP contribution < -0.4 is 10.2 Å². The monoisotopic (exact) mass is 334 g/mol. The highest BCUT2D eigenvalue weighted by Gasteiger charge is 2.25. The summed E-state index contributed by atoms with van der Waals surface area (Å²) in [7, 11) is 0. The van der Waals surface area contributed by atoms with Gasteiger partial charge >= 0.3 is 0 Å². The number of hydrogen-bond donors (Lipinski definition) is 2. The summed E-state index contributed by atoms with van der Waals surface area (Å²) >= 11 is 0. The Bertz CT molecular complexity index is 786. The molecule has 6 nitrogen and oxygen atoms in total. The van der Waals surface area contributed by atoms with Gasteiger partial charge in [-0.05, 0) is 30.5 Å². The predicted molar refractivity (Wildman–Crippen MR) is 98.1 cm³/mol. The first-order valence-electron chi connectivity index (χ1n) is 8.74. The number of aromatic amines is 1. The van der Waals surface area contributed by atoms with Gasteiger partial charge in [-0.15, -0.1) is 5.10 Å². The van der Waals surface area contributed by atoms with Crippen LogP contribution in [0.3, 0.4) is 0 Å². The fourth-order valence-corrected chi connectivity index (χ4v) is 3.47. The van der Waals surface area contributed by atoms with Crippen molar-refractivity contribution in [3.63, 3.8) is 0 Å². The largest absolute Gasteiger partial charge is 0.351 e. The number of H-pyrrole nitrogens is 1. The average molecular weight is 334 g/mol. The number of aromatic nitrogens is 4. The molecule has 3 aromatic rings. The van der Waals surface area contributed by atoms with Gasteiger partial charge in [-0.2, -0.15) is 10.2 Å². The lowest BCUT2D eigenvalue weighted by Crippen LogP contribution is -2.38. The molecule has 0 spiro atoms. The number of nitrogens with zero attached hydrogens (tertiary/aromatic N) is 4. The fraction of sp³-hybridized carbons (Fsp3) is 0.316. The second-order valence-corrected chi connectivity index (χ2v) is 6.34. The standard InChI is InChI=1S/C19H22N6/c1-2-6-15(7-3-1)19-16(13-22-24-19)12-20-14-17-8-5-11-25(17)18-9-4-10-21-23-18/h1-4,6-7,9-10,13,17,20H,5,8,11-12,14H2,(H,22,24)/t17-/m1/s1. The molecule has 128 valence electrons. The molecule has 1 aliphatic heterocycles. The van der Waals surface area contributed by atoms with Crippen LogP contribution in [0, 0.1) is 0 Å². The summed E-state index contributed by atoms with van der Waals surface area (Å²) < 4.78 is 0. The first-order chi connectivity index (χ1) is 12.4. The molecule has 2 N–H and O–H groups in total. The van der Waals surface area contributed by atoms with Crippen LogP contribution >= 0.6 is 0 Å². The van der Waals surface area contributed by atoms with E-state index < -0.39 is 0 Å². The third kappa shape index (κ3) is 3.53. The van der Waals surface area contributed by atoms with E-state index in [-0.39, 0.29) is 0 Å². The van der Waals surface area contributed by atoms with Crippen LogP contribution in [0.1, 0.15) is 18.4 Å². The van der Waals surface area contributed by atoms with Crippen molar-refractivity contribution in [2.45, 2.75) is 25.4 Å². The van der Waals surface area contributed by atoms with Crippen molar-refractivity contribution in [2.24, 2.45) is 0 Å². The molecule has 1 fully saturated rings. The summed E-state index contributed by atoms with van der Waals surface area (Å²) in [5.74, 6) is 0.972. The lowest BCUT2D eigenvalue weighted by Gasteiger charge is -2.25. The maximum absolute atomic E-state index is 4.26. The number of benzene rings is 1. The SMILES string of the molecule is c1ccc(-c2[nH]ncc2CNC[C@H]2CCCN2c2cccnn2)cc1. The minimum atomic E-state index is 0.462. The van der Waals surface area contributed by atoms with Crippen LogP contribution in [-0.4, -0.2) is 39.5 Å². The van der Waals surface area contributed by atoms with E-state index in [0.29, 0.717) is 6.04 Å². The van der Waals surface area contributed by atoms with Gasteiger partial charge in [0.05, 0.1) is 11.9 Å². The first-order valence-corrected chi connectivity index (χ1v) is 8.74. The molecule has 0 unspecified atom stereocenters. The molecule has 1 aromatic carbocycles. The highest BCUT2D eigenvalue weighted by molar-refractivity contribution is 5.62. The van der Waals surface area contributed by atoms with Crippen LogP contribution in [-0.2, 0) is 6.54 Å². The Morgan fingerprint density at radius 1 is 1.16 bits per heavy atom. The van der Waals surface area contributed by atoms with Crippen LogP contribution in [0.15, 0.2) is 54.9 Å². The Morgan fingerprint density at radius 2 is 2.08 bits per heavy atom. The van der Waals surface area contributed by atoms with E-state index in [1.165, 1.54) is 24.0 Å². The van der Waals surface area contributed by atoms with Crippen molar-refractivity contribution >= 4 is 5.82 Å². The molecule has 0 aliphatic carbocycles. The molecule has 2 aromatic heterocycles. The minimum absolute atomic E-state index is 0.462. The topological polar surface area (TPSA) is 69.7 Å². The zero-order chi connectivity index (χ0) is 16.9. The van der Waals surface area contributed by atoms with Crippen LogP contribution in [0.2, 0.25) is 0 Å². The third-order valence-corrected chi connectivity index (χ3v) is 4.71. The molecule has 6 heteroatoms. The second-order valence-electron chi connectivity index (χ2n) is 6.34. The van der Waals surface area contributed by atoms with E-state index in [0.717, 1.165) is 31.1 Å². The summed E-state index contributed by atoms with van der Waals surface area (Å²) in [6.07, 6.45) is 6.01. The molecule has 25 heavy (non-hydrogen) atoms. The van der Waals surface area contributed by atoms with Crippen molar-refractivity contribution in [1.29, 1.82) is 0 Å². The van der Waals surface area contributed by atoms with Crippen molar-refractivity contribution < 1.29 is 0 Å². The van der Waals surface area contributed by atoms with Gasteiger partial charge in [0.1, 0.15) is 0 Å². The zero-order valence-corrected chi connectivity index (χ0v) is 14.1. The Morgan fingerprint density at radius 3 is 2.92 bits per heavy atom. The smallest absolute Gasteiger partial charge is 0.151 e. The Hall–Kier alpha value is -2.73. The van der Waals surface area contributed by atoms with Gasteiger partial charge in [0.25, 0.3) is 0 Å². The molecular weight excluding hydrogens is 312 g/mol. The Kier molecular flexibility index (Phi) is 4.70. The normalized spacial score (nSPS) is 17.1. The van der Waals surface area contributed by atoms with E-state index in [1.807, 2.05) is 36.5 Å². The number of nitrogens with one attached hydrogen (secondary N) is 2. The summed E-state index contributed by atoms with van der Waals surface area (Å²) in [5.41, 5.74) is 3.44. The summed E-state index contributed by atoms with van der Waals surface area (Å²) in [5, 5.41) is 19.2. The van der Waals surface area contributed by atoms with Gasteiger partial charge in [-0.1, -0.05) is 30.3 Å². The fourth-order valence-electron chi connectivity index (χ4n) is 3.47. The van der Waals surface area contributed by atoms with E-state index in [4.69, 9.17) is 0 Å². The quantitative estimate of drug-likeness (QED) is 0.725. The molecule has 1 aliphatic rings. The van der Waals surface area contributed by atoms with Crippen LogP contribution in [0.5, 0.6) is 0 Å². The number of hydrogen-bond acceptors (Lipinski definition) is 5. The van der Waals surface area contributed by atoms with Crippen molar-refractivity contribution in [1.82, 2.24) is 25.7 Å². The first kappa shape index (κ1) is 15.8. The molecule has 4 rings (SSSR count). The van der Waals surface area contributed by atoms with Crippen molar-refractivity contribution in [2.75, 3.05) is 18.0 Å². The molecule has 0 saturated carbocycles. The zero-order valence-electron chi connectivity index (χ0n) is 14.1. The van der Waals surface area contributed by atoms with Gasteiger partial charge in [-0.25, -0.2) is 0 Å². The van der Waals surface area contributed by atoms with Gasteiger partial charge in [0.2, 0.25) is 0 Å². The van der Waals surface area contributed by atoms with E-state index in [2.05, 4.69) is 42.7 Å². The van der Waals surface area contributed by atoms with Gasteiger partial charge in [0, 0.05) is 37.4 Å². The molecule has 0 amide bonds. The third-order valence-electron chi connectivity index (χ3n) is 4.71. The van der Waals surface area contributed by atoms with Crippen LogP contribution in [0.25, 0.3) is 11.3 Å². The molecule has 1 saturated heterocycles. The molecular formula is C19H22N6. The van der Waals surface area contributed by atoms with Crippen molar-refractivity contribution in [3.05, 3.63) is 60.4 Å². The minimum Gasteiger partial charge on any atom is -0.351 e. The maximum Gasteiger partial charge on any atom is 0.151 e. The highest BCUT2D eigenvalue weighted by Crippen LogP contribution is 2.23. The summed E-state index contributed by atoms with van der Waals surface area (Å²) in [6.45, 7) is 2.77. The van der Waals surface area contributed by atoms with Crippen molar-refractivity contribution in [3.8, 4) is 11.3 Å². The highest BCUT2D eigenvalue weighted by atomic mass is 15.3. The van der Waals surface area contributed by atoms with E-state index >= 15 is 0 Å². The Balaban J connectivity index is 1.38. The average Bonchev–Trinajstić information content (AvgIpc) is 3.33. The maximum atomic E-state index is 4.26. The predicted octanol–water partition coefficient (Wildman–Crippen LogP) is 2.63. The molecule has 0 radical (unpaired) electrons. The van der Waals surface area contributed by atoms with E-state index in [9.17, 15) is 0 Å². The summed E-state index contributed by atoms with van der Waals surface area (Å²) in [6, 6.07) is 14.8. The second kappa shape index (κ2) is 7.44.